The molecule has 2 rings (SSSR count). The summed E-state index contributed by atoms with van der Waals surface area (Å²) in [5.74, 6) is 0. The van der Waals surface area contributed by atoms with Gasteiger partial charge in [0.15, 0.2) is 0 Å². The van der Waals surface area contributed by atoms with E-state index in [0.717, 1.165) is 17.7 Å². The van der Waals surface area contributed by atoms with Gasteiger partial charge in [-0.2, -0.15) is 0 Å². The largest absolute Gasteiger partial charge is 0.310 e. The Balaban J connectivity index is 2.09. The van der Waals surface area contributed by atoms with Crippen LogP contribution in [0, 0.1) is 10.1 Å². The van der Waals surface area contributed by atoms with Gasteiger partial charge in [-0.25, -0.2) is 0 Å². The maximum Gasteiger partial charge on any atom is 0.288 e. The highest BCUT2D eigenvalue weighted by atomic mass is 35.5. The minimum atomic E-state index is -0.461. The molecule has 1 saturated carbocycles. The van der Waals surface area contributed by atoms with E-state index in [4.69, 9.17) is 11.6 Å². The molecule has 1 aromatic carbocycles. The van der Waals surface area contributed by atoms with E-state index in [1.54, 1.807) is 12.1 Å². The second-order valence-corrected chi connectivity index (χ2v) is 5.02. The smallest absolute Gasteiger partial charge is 0.288 e. The topological polar surface area (TPSA) is 55.2 Å². The van der Waals surface area contributed by atoms with Crippen molar-refractivity contribution < 1.29 is 4.92 Å². The molecule has 0 bridgehead atoms. The first-order valence-corrected chi connectivity index (χ1v) is 6.28. The molecule has 0 aromatic heterocycles. The Kier molecular flexibility index (Phi) is 3.99. The van der Waals surface area contributed by atoms with Crippen molar-refractivity contribution in [2.45, 2.75) is 25.8 Å². The fourth-order valence-corrected chi connectivity index (χ4v) is 1.87. The summed E-state index contributed by atoms with van der Waals surface area (Å²) in [5, 5.41) is 14.3. The Morgan fingerprint density at radius 1 is 1.61 bits per heavy atom. The molecule has 0 spiro atoms. The first-order valence-electron chi connectivity index (χ1n) is 5.91. The van der Waals surface area contributed by atoms with Gasteiger partial charge in [-0.15, -0.1) is 0 Å². The van der Waals surface area contributed by atoms with E-state index < -0.39 is 4.92 Å². The average Bonchev–Trinajstić information content (AvgIpc) is 3.12. The molecule has 96 valence electrons. The summed E-state index contributed by atoms with van der Waals surface area (Å²) in [5.41, 5.74) is 1.91. The van der Waals surface area contributed by atoms with Crippen molar-refractivity contribution in [1.29, 1.82) is 0 Å². The number of nitro groups is 1. The van der Waals surface area contributed by atoms with Gasteiger partial charge in [0.1, 0.15) is 5.02 Å². The summed E-state index contributed by atoms with van der Waals surface area (Å²) in [4.78, 5) is 10.3. The standard InChI is InChI=1S/C13H15ClN2O2/c1-9(8-15-11-3-4-11)6-10-2-5-12(14)13(7-10)16(17)18/h2,5-7,11,15H,3-4,8H2,1H3. The number of halogens is 1. The third-order valence-corrected chi connectivity index (χ3v) is 3.15. The van der Waals surface area contributed by atoms with E-state index in [1.807, 2.05) is 13.0 Å². The predicted octanol–water partition coefficient (Wildman–Crippen LogP) is 3.40. The molecular weight excluding hydrogens is 252 g/mol. The van der Waals surface area contributed by atoms with Crippen LogP contribution in [0.3, 0.4) is 0 Å². The van der Waals surface area contributed by atoms with E-state index in [9.17, 15) is 10.1 Å². The molecule has 1 fully saturated rings. The Hall–Kier alpha value is -1.39. The molecule has 0 heterocycles. The van der Waals surface area contributed by atoms with Crippen LogP contribution in [0.5, 0.6) is 0 Å². The summed E-state index contributed by atoms with van der Waals surface area (Å²) >= 11 is 5.76. The molecule has 18 heavy (non-hydrogen) atoms. The van der Waals surface area contributed by atoms with Crippen molar-refractivity contribution in [3.05, 3.63) is 44.5 Å². The molecule has 1 aliphatic rings. The molecule has 0 unspecified atom stereocenters. The first-order chi connectivity index (χ1) is 8.56. The summed E-state index contributed by atoms with van der Waals surface area (Å²) < 4.78 is 0. The molecule has 1 aromatic rings. The number of hydrogen-bond acceptors (Lipinski definition) is 3. The third-order valence-electron chi connectivity index (χ3n) is 2.83. The second kappa shape index (κ2) is 5.50. The first kappa shape index (κ1) is 13.1. The van der Waals surface area contributed by atoms with Gasteiger partial charge in [0.25, 0.3) is 5.69 Å². The van der Waals surface area contributed by atoms with Gasteiger partial charge in [-0.05, 0) is 31.4 Å². The molecule has 1 N–H and O–H groups in total. The van der Waals surface area contributed by atoms with Crippen molar-refractivity contribution in [3.8, 4) is 0 Å². The van der Waals surface area contributed by atoms with Crippen molar-refractivity contribution in [3.63, 3.8) is 0 Å². The highest BCUT2D eigenvalue weighted by Crippen LogP contribution is 2.26. The van der Waals surface area contributed by atoms with Gasteiger partial charge in [0, 0.05) is 18.7 Å². The summed E-state index contributed by atoms with van der Waals surface area (Å²) in [6, 6.07) is 5.51. The zero-order valence-corrected chi connectivity index (χ0v) is 10.9. The third kappa shape index (κ3) is 3.55. The predicted molar refractivity (Wildman–Crippen MR) is 72.8 cm³/mol. The van der Waals surface area contributed by atoms with Crippen molar-refractivity contribution in [1.82, 2.24) is 5.32 Å². The van der Waals surface area contributed by atoms with Crippen LogP contribution in [0.1, 0.15) is 25.3 Å². The van der Waals surface area contributed by atoms with E-state index in [0.29, 0.717) is 6.04 Å². The van der Waals surface area contributed by atoms with Gasteiger partial charge in [0.05, 0.1) is 4.92 Å². The van der Waals surface area contributed by atoms with Crippen molar-refractivity contribution in [2.24, 2.45) is 0 Å². The van der Waals surface area contributed by atoms with E-state index >= 15 is 0 Å². The fraction of sp³-hybridized carbons (Fsp3) is 0.385. The van der Waals surface area contributed by atoms with Crippen LogP contribution in [0.2, 0.25) is 5.02 Å². The Morgan fingerprint density at radius 2 is 2.33 bits per heavy atom. The minimum absolute atomic E-state index is 0.0478. The molecule has 0 aliphatic heterocycles. The van der Waals surface area contributed by atoms with Crippen LogP contribution in [0.15, 0.2) is 23.8 Å². The van der Waals surface area contributed by atoms with Crippen LogP contribution in [0.4, 0.5) is 5.69 Å². The lowest BCUT2D eigenvalue weighted by Crippen LogP contribution is -2.18. The zero-order valence-electron chi connectivity index (χ0n) is 10.1. The van der Waals surface area contributed by atoms with Crippen LogP contribution in [-0.2, 0) is 0 Å². The fourth-order valence-electron chi connectivity index (χ4n) is 1.69. The molecule has 5 heteroatoms. The maximum absolute atomic E-state index is 10.8. The highest BCUT2D eigenvalue weighted by Gasteiger charge is 2.19. The molecule has 4 nitrogen and oxygen atoms in total. The van der Waals surface area contributed by atoms with E-state index in [-0.39, 0.29) is 10.7 Å². The zero-order chi connectivity index (χ0) is 13.1. The van der Waals surface area contributed by atoms with Gasteiger partial charge in [-0.3, -0.25) is 10.1 Å². The normalized spacial score (nSPS) is 15.8. The number of hydrogen-bond donors (Lipinski definition) is 1. The molecule has 0 radical (unpaired) electrons. The number of nitro benzene ring substituents is 1. The number of nitrogens with zero attached hydrogens (tertiary/aromatic N) is 1. The van der Waals surface area contributed by atoms with E-state index in [1.165, 1.54) is 18.9 Å². The molecule has 0 amide bonds. The van der Waals surface area contributed by atoms with Gasteiger partial charge >= 0.3 is 0 Å². The summed E-state index contributed by atoms with van der Waals surface area (Å²) in [6.45, 7) is 2.83. The molecule has 1 aliphatic carbocycles. The Labute approximate surface area is 111 Å². The van der Waals surface area contributed by atoms with Crippen LogP contribution in [-0.4, -0.2) is 17.5 Å². The number of benzene rings is 1. The summed E-state index contributed by atoms with van der Waals surface area (Å²) in [6.07, 6.45) is 4.44. The summed E-state index contributed by atoms with van der Waals surface area (Å²) in [7, 11) is 0. The van der Waals surface area contributed by atoms with Crippen molar-refractivity contribution in [2.75, 3.05) is 6.54 Å². The average molecular weight is 267 g/mol. The second-order valence-electron chi connectivity index (χ2n) is 4.61. The monoisotopic (exact) mass is 266 g/mol. The highest BCUT2D eigenvalue weighted by molar-refractivity contribution is 6.32. The van der Waals surface area contributed by atoms with Crippen LogP contribution in [0.25, 0.3) is 6.08 Å². The van der Waals surface area contributed by atoms with Gasteiger partial charge in [0.2, 0.25) is 0 Å². The van der Waals surface area contributed by atoms with E-state index in [2.05, 4.69) is 5.32 Å². The van der Waals surface area contributed by atoms with Gasteiger partial charge in [-0.1, -0.05) is 29.3 Å². The maximum atomic E-state index is 10.8. The SMILES string of the molecule is CC(=Cc1ccc(Cl)c([N+](=O)[O-])c1)CNC1CC1. The Bertz CT molecular complexity index is 496. The number of nitrogens with one attached hydrogen (secondary N) is 1. The lowest BCUT2D eigenvalue weighted by molar-refractivity contribution is -0.384. The molecule has 0 saturated heterocycles. The van der Waals surface area contributed by atoms with Gasteiger partial charge < -0.3 is 5.32 Å². The van der Waals surface area contributed by atoms with Crippen LogP contribution >= 0.6 is 11.6 Å². The van der Waals surface area contributed by atoms with Crippen LogP contribution < -0.4 is 5.32 Å². The Morgan fingerprint density at radius 3 is 2.94 bits per heavy atom. The van der Waals surface area contributed by atoms with Crippen molar-refractivity contribution >= 4 is 23.4 Å². The quantitative estimate of drug-likeness (QED) is 0.656. The lowest BCUT2D eigenvalue weighted by Gasteiger charge is -2.03. The minimum Gasteiger partial charge on any atom is -0.310 e. The lowest BCUT2D eigenvalue weighted by atomic mass is 10.1. The number of rotatable bonds is 5. The molecular formula is C13H15ClN2O2. The molecule has 0 atom stereocenters.